The van der Waals surface area contributed by atoms with Crippen molar-refractivity contribution in [2.24, 2.45) is 0 Å². The number of hydrogen-bond donors (Lipinski definition) is 2. The number of nitrogens with zero attached hydrogens (tertiary/aromatic N) is 1. The Morgan fingerprint density at radius 3 is 1.83 bits per heavy atom. The molecule has 0 aliphatic carbocycles. The summed E-state index contributed by atoms with van der Waals surface area (Å²) >= 11 is 0. The van der Waals surface area contributed by atoms with Crippen molar-refractivity contribution in [1.82, 2.24) is 4.90 Å². The normalized spacial score (nSPS) is 10.7. The van der Waals surface area contributed by atoms with Gasteiger partial charge in [-0.3, -0.25) is 14.5 Å². The zero-order valence-corrected chi connectivity index (χ0v) is 18.1. The maximum Gasteiger partial charge on any atom is 0.238 e. The van der Waals surface area contributed by atoms with E-state index in [-0.39, 0.29) is 11.8 Å². The lowest BCUT2D eigenvalue weighted by Crippen LogP contribution is -2.36. The lowest BCUT2D eigenvalue weighted by atomic mass is 10.1. The van der Waals surface area contributed by atoms with Crippen LogP contribution >= 0.6 is 0 Å². The Morgan fingerprint density at radius 1 is 0.700 bits per heavy atom. The molecule has 0 spiro atoms. The van der Waals surface area contributed by atoms with Gasteiger partial charge >= 0.3 is 0 Å². The van der Waals surface area contributed by atoms with Gasteiger partial charge < -0.3 is 10.6 Å². The Bertz CT molecular complexity index is 735. The van der Waals surface area contributed by atoms with Gasteiger partial charge in [0.05, 0.1) is 6.54 Å². The Balaban J connectivity index is 1.81. The van der Waals surface area contributed by atoms with Crippen LogP contribution in [0.15, 0.2) is 60.7 Å². The van der Waals surface area contributed by atoms with Crippen LogP contribution in [-0.2, 0) is 9.59 Å². The molecule has 0 aliphatic heterocycles. The molecule has 0 radical (unpaired) electrons. The van der Waals surface area contributed by atoms with E-state index in [4.69, 9.17) is 0 Å². The number of carbonyl (C=O) groups excluding carboxylic acids is 2. The standard InChI is InChI=1S/C25H35N3O2/c1-2-3-4-5-6-13-19-28(21-25(30)27-23-16-11-8-12-17-23)20-18-24(29)26-22-14-9-7-10-15-22/h7-12,14-17H,2-6,13,18-21H2,1H3,(H,26,29)(H,27,30). The maximum absolute atomic E-state index is 12.5. The highest BCUT2D eigenvalue weighted by molar-refractivity contribution is 5.92. The molecule has 2 aromatic rings. The molecule has 0 atom stereocenters. The van der Waals surface area contributed by atoms with Gasteiger partial charge in [0.1, 0.15) is 0 Å². The van der Waals surface area contributed by atoms with Crippen molar-refractivity contribution in [3.8, 4) is 0 Å². The predicted molar refractivity (Wildman–Crippen MR) is 125 cm³/mol. The summed E-state index contributed by atoms with van der Waals surface area (Å²) < 4.78 is 0. The topological polar surface area (TPSA) is 61.4 Å². The zero-order chi connectivity index (χ0) is 21.4. The van der Waals surface area contributed by atoms with Gasteiger partial charge in [-0.2, -0.15) is 0 Å². The van der Waals surface area contributed by atoms with Gasteiger partial charge in [0.15, 0.2) is 0 Å². The molecule has 5 heteroatoms. The van der Waals surface area contributed by atoms with Crippen LogP contribution < -0.4 is 10.6 Å². The fraction of sp³-hybridized carbons (Fsp3) is 0.440. The Kier molecular flexibility index (Phi) is 11.3. The van der Waals surface area contributed by atoms with Crippen LogP contribution in [-0.4, -0.2) is 36.3 Å². The summed E-state index contributed by atoms with van der Waals surface area (Å²) in [5.41, 5.74) is 1.59. The number of anilines is 2. The summed E-state index contributed by atoms with van der Waals surface area (Å²) in [6.45, 7) is 3.90. The van der Waals surface area contributed by atoms with E-state index in [2.05, 4.69) is 22.5 Å². The number of amides is 2. The summed E-state index contributed by atoms with van der Waals surface area (Å²) in [5, 5.41) is 5.85. The quantitative estimate of drug-likeness (QED) is 0.415. The van der Waals surface area contributed by atoms with E-state index in [0.717, 1.165) is 30.8 Å². The molecule has 0 bridgehead atoms. The number of carbonyl (C=O) groups is 2. The van der Waals surface area contributed by atoms with E-state index in [9.17, 15) is 9.59 Å². The van der Waals surface area contributed by atoms with Crippen molar-refractivity contribution in [3.05, 3.63) is 60.7 Å². The van der Waals surface area contributed by atoms with Gasteiger partial charge in [0.2, 0.25) is 11.8 Å². The van der Waals surface area contributed by atoms with Crippen molar-refractivity contribution in [2.45, 2.75) is 51.9 Å². The van der Waals surface area contributed by atoms with E-state index in [0.29, 0.717) is 19.5 Å². The maximum atomic E-state index is 12.5. The van der Waals surface area contributed by atoms with Crippen molar-refractivity contribution < 1.29 is 9.59 Å². The molecule has 0 heterocycles. The third-order valence-corrected chi connectivity index (χ3v) is 4.97. The molecule has 2 rings (SSSR count). The third kappa shape index (κ3) is 10.2. The lowest BCUT2D eigenvalue weighted by molar-refractivity contribution is -0.119. The van der Waals surface area contributed by atoms with E-state index < -0.39 is 0 Å². The Labute approximate surface area is 180 Å². The summed E-state index contributed by atoms with van der Waals surface area (Å²) in [5.74, 6) is -0.0757. The monoisotopic (exact) mass is 409 g/mol. The van der Waals surface area contributed by atoms with E-state index in [1.807, 2.05) is 60.7 Å². The molecule has 0 fully saturated rings. The second kappa shape index (κ2) is 14.3. The van der Waals surface area contributed by atoms with E-state index in [1.165, 1.54) is 25.7 Å². The summed E-state index contributed by atoms with van der Waals surface area (Å²) in [7, 11) is 0. The number of para-hydroxylation sites is 2. The minimum atomic E-state index is -0.0457. The second-order valence-corrected chi connectivity index (χ2v) is 7.62. The van der Waals surface area contributed by atoms with Gasteiger partial charge in [-0.25, -0.2) is 0 Å². The highest BCUT2D eigenvalue weighted by Gasteiger charge is 2.13. The number of benzene rings is 2. The fourth-order valence-corrected chi connectivity index (χ4v) is 3.32. The molecule has 2 aromatic carbocycles. The first-order chi connectivity index (χ1) is 14.7. The van der Waals surface area contributed by atoms with Gasteiger partial charge in [-0.05, 0) is 37.2 Å². The van der Waals surface area contributed by atoms with Gasteiger partial charge in [-0.1, -0.05) is 75.4 Å². The van der Waals surface area contributed by atoms with Crippen LogP contribution in [0.2, 0.25) is 0 Å². The smallest absolute Gasteiger partial charge is 0.238 e. The zero-order valence-electron chi connectivity index (χ0n) is 18.1. The molecule has 2 N–H and O–H groups in total. The molecule has 0 unspecified atom stereocenters. The summed E-state index contributed by atoms with van der Waals surface area (Å²) in [6.07, 6.45) is 7.58. The molecule has 0 aliphatic rings. The minimum absolute atomic E-state index is 0.0300. The van der Waals surface area contributed by atoms with Crippen LogP contribution in [0, 0.1) is 0 Å². The van der Waals surface area contributed by atoms with Crippen molar-refractivity contribution >= 4 is 23.2 Å². The van der Waals surface area contributed by atoms with Crippen molar-refractivity contribution in [1.29, 1.82) is 0 Å². The van der Waals surface area contributed by atoms with Crippen LogP contribution in [0.5, 0.6) is 0 Å². The first-order valence-corrected chi connectivity index (χ1v) is 11.1. The molecule has 0 saturated carbocycles. The minimum Gasteiger partial charge on any atom is -0.326 e. The summed E-state index contributed by atoms with van der Waals surface area (Å²) in [6, 6.07) is 18.9. The van der Waals surface area contributed by atoms with E-state index >= 15 is 0 Å². The van der Waals surface area contributed by atoms with Crippen LogP contribution in [0.1, 0.15) is 51.9 Å². The van der Waals surface area contributed by atoms with E-state index in [1.54, 1.807) is 0 Å². The molecule has 2 amide bonds. The fourth-order valence-electron chi connectivity index (χ4n) is 3.32. The number of hydrogen-bond acceptors (Lipinski definition) is 3. The largest absolute Gasteiger partial charge is 0.326 e. The molecular formula is C25H35N3O2. The molecule has 30 heavy (non-hydrogen) atoms. The first kappa shape index (κ1) is 23.6. The number of rotatable bonds is 14. The number of unbranched alkanes of at least 4 members (excludes halogenated alkanes) is 5. The highest BCUT2D eigenvalue weighted by Crippen LogP contribution is 2.09. The average Bonchev–Trinajstić information content (AvgIpc) is 2.75. The third-order valence-electron chi connectivity index (χ3n) is 4.97. The van der Waals surface area contributed by atoms with Crippen LogP contribution in [0.25, 0.3) is 0 Å². The highest BCUT2D eigenvalue weighted by atomic mass is 16.2. The summed E-state index contributed by atoms with van der Waals surface area (Å²) in [4.78, 5) is 26.9. The average molecular weight is 410 g/mol. The predicted octanol–water partition coefficient (Wildman–Crippen LogP) is 5.32. The number of nitrogens with one attached hydrogen (secondary N) is 2. The van der Waals surface area contributed by atoms with Crippen molar-refractivity contribution in [2.75, 3.05) is 30.3 Å². The SMILES string of the molecule is CCCCCCCCN(CCC(=O)Nc1ccccc1)CC(=O)Nc1ccccc1. The molecule has 5 nitrogen and oxygen atoms in total. The second-order valence-electron chi connectivity index (χ2n) is 7.62. The lowest BCUT2D eigenvalue weighted by Gasteiger charge is -2.21. The Hall–Kier alpha value is -2.66. The molecular weight excluding hydrogens is 374 g/mol. The Morgan fingerprint density at radius 2 is 1.23 bits per heavy atom. The first-order valence-electron chi connectivity index (χ1n) is 11.1. The van der Waals surface area contributed by atoms with Gasteiger partial charge in [-0.15, -0.1) is 0 Å². The van der Waals surface area contributed by atoms with Gasteiger partial charge in [0, 0.05) is 24.3 Å². The van der Waals surface area contributed by atoms with Crippen LogP contribution in [0.3, 0.4) is 0 Å². The molecule has 0 aromatic heterocycles. The van der Waals surface area contributed by atoms with Gasteiger partial charge in [0.25, 0.3) is 0 Å². The van der Waals surface area contributed by atoms with Crippen molar-refractivity contribution in [3.63, 3.8) is 0 Å². The molecule has 162 valence electrons. The van der Waals surface area contributed by atoms with Crippen LogP contribution in [0.4, 0.5) is 11.4 Å². The molecule has 0 saturated heterocycles.